The van der Waals surface area contributed by atoms with Crippen LogP contribution in [0.1, 0.15) is 47.1 Å². The second-order valence-corrected chi connectivity index (χ2v) is 6.16. The van der Waals surface area contributed by atoms with E-state index in [2.05, 4.69) is 0 Å². The van der Waals surface area contributed by atoms with Crippen molar-refractivity contribution in [2.75, 3.05) is 13.1 Å². The Morgan fingerprint density at radius 2 is 1.82 bits per heavy atom. The number of aliphatic hydroxyl groups is 1. The normalized spacial score (nSPS) is 20.9. The Kier molecular flexibility index (Phi) is 3.56. The van der Waals surface area contributed by atoms with Gasteiger partial charge in [0.1, 0.15) is 0 Å². The number of nitrogens with zero attached hydrogens (tertiary/aromatic N) is 2. The molecule has 22 heavy (non-hydrogen) atoms. The summed E-state index contributed by atoms with van der Waals surface area (Å²) in [6.45, 7) is 4.64. The molecule has 0 aromatic heterocycles. The summed E-state index contributed by atoms with van der Waals surface area (Å²) in [4.78, 5) is 26.4. The maximum absolute atomic E-state index is 12.5. The zero-order valence-electron chi connectivity index (χ0n) is 12.7. The number of fused-ring (bicyclic) bond motifs is 2. The van der Waals surface area contributed by atoms with Crippen molar-refractivity contribution in [1.82, 2.24) is 9.80 Å². The Balaban J connectivity index is 1.96. The summed E-state index contributed by atoms with van der Waals surface area (Å²) in [7, 11) is 0. The van der Waals surface area contributed by atoms with Crippen LogP contribution in [0.4, 0.5) is 4.79 Å². The summed E-state index contributed by atoms with van der Waals surface area (Å²) in [5, 5.41) is 19.5. The Labute approximate surface area is 129 Å². The maximum atomic E-state index is 12.5. The van der Waals surface area contributed by atoms with E-state index in [1.807, 2.05) is 26.0 Å². The van der Waals surface area contributed by atoms with Gasteiger partial charge in [0.2, 0.25) is 0 Å². The number of aliphatic hydroxyl groups excluding tert-OH is 1. The summed E-state index contributed by atoms with van der Waals surface area (Å²) in [6.07, 6.45) is -0.619. The van der Waals surface area contributed by atoms with Crippen LogP contribution in [0.2, 0.25) is 0 Å². The number of amides is 2. The van der Waals surface area contributed by atoms with Crippen LogP contribution in [0.25, 0.3) is 0 Å². The van der Waals surface area contributed by atoms with Gasteiger partial charge in [-0.05, 0) is 43.9 Å². The number of hydrogen-bond donors (Lipinski definition) is 2. The van der Waals surface area contributed by atoms with Crippen LogP contribution >= 0.6 is 0 Å². The van der Waals surface area contributed by atoms with Crippen molar-refractivity contribution in [2.45, 2.75) is 39.0 Å². The van der Waals surface area contributed by atoms with Crippen LogP contribution in [-0.4, -0.2) is 51.1 Å². The summed E-state index contributed by atoms with van der Waals surface area (Å²) < 4.78 is 0. The van der Waals surface area contributed by atoms with Crippen molar-refractivity contribution in [3.05, 3.63) is 34.4 Å². The third kappa shape index (κ3) is 2.23. The van der Waals surface area contributed by atoms with Gasteiger partial charge in [0.25, 0.3) is 5.91 Å². The Morgan fingerprint density at radius 1 is 1.23 bits per heavy atom. The zero-order chi connectivity index (χ0) is 16.0. The van der Waals surface area contributed by atoms with Crippen molar-refractivity contribution in [2.24, 2.45) is 0 Å². The van der Waals surface area contributed by atoms with E-state index in [0.717, 1.165) is 11.1 Å². The Morgan fingerprint density at radius 3 is 2.36 bits per heavy atom. The molecule has 6 nitrogen and oxygen atoms in total. The van der Waals surface area contributed by atoms with E-state index in [-0.39, 0.29) is 11.9 Å². The fourth-order valence-corrected chi connectivity index (χ4v) is 3.30. The minimum absolute atomic E-state index is 0.0720. The van der Waals surface area contributed by atoms with E-state index in [1.54, 1.807) is 0 Å². The highest BCUT2D eigenvalue weighted by molar-refractivity contribution is 5.99. The van der Waals surface area contributed by atoms with Gasteiger partial charge in [-0.2, -0.15) is 0 Å². The molecule has 118 valence electrons. The van der Waals surface area contributed by atoms with Gasteiger partial charge in [0, 0.05) is 30.3 Å². The van der Waals surface area contributed by atoms with Crippen molar-refractivity contribution in [1.29, 1.82) is 0 Å². The Hall–Kier alpha value is -2.08. The number of hydrogen-bond acceptors (Lipinski definition) is 3. The molecule has 0 spiro atoms. The van der Waals surface area contributed by atoms with E-state index in [0.29, 0.717) is 37.1 Å². The molecular formula is C16H20N2O4. The number of rotatable bonds is 1. The number of carbonyl (C=O) groups excluding carboxylic acids is 1. The lowest BCUT2D eigenvalue weighted by Gasteiger charge is -2.24. The summed E-state index contributed by atoms with van der Waals surface area (Å²) >= 11 is 0. The molecule has 1 aromatic rings. The third-order valence-electron chi connectivity index (χ3n) is 4.51. The third-order valence-corrected chi connectivity index (χ3v) is 4.51. The minimum Gasteiger partial charge on any atom is -0.465 e. The number of benzene rings is 1. The molecule has 0 bridgehead atoms. The molecule has 1 aromatic carbocycles. The highest BCUT2D eigenvalue weighted by atomic mass is 16.4. The van der Waals surface area contributed by atoms with Gasteiger partial charge < -0.3 is 20.0 Å². The predicted molar refractivity (Wildman–Crippen MR) is 79.7 cm³/mol. The zero-order valence-corrected chi connectivity index (χ0v) is 12.7. The fraction of sp³-hybridized carbons (Fsp3) is 0.500. The molecule has 1 unspecified atom stereocenters. The highest BCUT2D eigenvalue weighted by Gasteiger charge is 2.38. The van der Waals surface area contributed by atoms with Crippen LogP contribution in [0.3, 0.4) is 0 Å². The molecule has 0 aliphatic carbocycles. The fourth-order valence-electron chi connectivity index (χ4n) is 3.30. The molecule has 2 N–H and O–H groups in total. The molecule has 2 amide bonds. The number of carboxylic acid groups (broad SMARTS) is 1. The van der Waals surface area contributed by atoms with E-state index < -0.39 is 12.3 Å². The second-order valence-electron chi connectivity index (χ2n) is 6.16. The first-order valence-corrected chi connectivity index (χ1v) is 7.54. The van der Waals surface area contributed by atoms with Crippen LogP contribution in [0.5, 0.6) is 0 Å². The lowest BCUT2D eigenvalue weighted by molar-refractivity contribution is 0.00367. The lowest BCUT2D eigenvalue weighted by Crippen LogP contribution is -2.34. The van der Waals surface area contributed by atoms with E-state index >= 15 is 0 Å². The van der Waals surface area contributed by atoms with Gasteiger partial charge in [-0.3, -0.25) is 4.79 Å². The predicted octanol–water partition coefficient (Wildman–Crippen LogP) is 1.62. The van der Waals surface area contributed by atoms with Crippen molar-refractivity contribution < 1.29 is 19.8 Å². The van der Waals surface area contributed by atoms with Crippen molar-refractivity contribution in [3.63, 3.8) is 0 Å². The largest absolute Gasteiger partial charge is 0.465 e. The van der Waals surface area contributed by atoms with Gasteiger partial charge >= 0.3 is 6.09 Å². The van der Waals surface area contributed by atoms with Gasteiger partial charge in [-0.1, -0.05) is 6.07 Å². The molecule has 3 rings (SSSR count). The van der Waals surface area contributed by atoms with Gasteiger partial charge in [-0.15, -0.1) is 0 Å². The summed E-state index contributed by atoms with van der Waals surface area (Å²) in [6, 6.07) is 3.64. The SMILES string of the molecule is CC(C)N1C(=O)c2cc3c(cc2C1O)CCN(C(=O)O)CC3. The minimum atomic E-state index is -0.914. The van der Waals surface area contributed by atoms with Crippen molar-refractivity contribution >= 4 is 12.0 Å². The van der Waals surface area contributed by atoms with Crippen LogP contribution < -0.4 is 0 Å². The molecule has 0 saturated carbocycles. The molecule has 2 heterocycles. The van der Waals surface area contributed by atoms with E-state index in [1.165, 1.54) is 9.80 Å². The van der Waals surface area contributed by atoms with Gasteiger partial charge in [-0.25, -0.2) is 4.79 Å². The monoisotopic (exact) mass is 304 g/mol. The topological polar surface area (TPSA) is 81.1 Å². The van der Waals surface area contributed by atoms with Gasteiger partial charge in [0.15, 0.2) is 6.23 Å². The van der Waals surface area contributed by atoms with E-state index in [4.69, 9.17) is 5.11 Å². The average Bonchev–Trinajstić information content (AvgIpc) is 2.62. The maximum Gasteiger partial charge on any atom is 0.407 e. The first kappa shape index (κ1) is 14.8. The standard InChI is InChI=1S/C16H20N2O4/c1-9(2)18-14(19)12-7-10-3-5-17(16(21)22)6-4-11(10)8-13(12)15(18)20/h7-9,14,19H,3-6H2,1-2H3,(H,21,22). The van der Waals surface area contributed by atoms with Crippen molar-refractivity contribution in [3.8, 4) is 0 Å². The molecule has 0 fully saturated rings. The lowest BCUT2D eigenvalue weighted by atomic mass is 9.96. The van der Waals surface area contributed by atoms with Crippen LogP contribution in [0, 0.1) is 0 Å². The summed E-state index contributed by atoms with van der Waals surface area (Å²) in [5.41, 5.74) is 3.22. The smallest absolute Gasteiger partial charge is 0.407 e. The van der Waals surface area contributed by atoms with Crippen LogP contribution in [0.15, 0.2) is 12.1 Å². The first-order chi connectivity index (χ1) is 10.4. The molecule has 6 heteroatoms. The molecular weight excluding hydrogens is 284 g/mol. The molecule has 2 aliphatic rings. The quantitative estimate of drug-likeness (QED) is 0.826. The second kappa shape index (κ2) is 5.28. The highest BCUT2D eigenvalue weighted by Crippen LogP contribution is 2.35. The Bertz CT molecular complexity index is 641. The first-order valence-electron chi connectivity index (χ1n) is 7.54. The molecule has 0 saturated heterocycles. The molecule has 0 radical (unpaired) electrons. The van der Waals surface area contributed by atoms with E-state index in [9.17, 15) is 14.7 Å². The van der Waals surface area contributed by atoms with Crippen LogP contribution in [-0.2, 0) is 12.8 Å². The molecule has 2 aliphatic heterocycles. The average molecular weight is 304 g/mol. The molecule has 1 atom stereocenters. The summed E-state index contributed by atoms with van der Waals surface area (Å²) in [5.74, 6) is -0.153. The number of carbonyl (C=O) groups is 2. The van der Waals surface area contributed by atoms with Gasteiger partial charge in [0.05, 0.1) is 0 Å².